The van der Waals surface area contributed by atoms with Crippen LogP contribution in [0.1, 0.15) is 138 Å². The molecule has 2 atom stereocenters. The zero-order valence-corrected chi connectivity index (χ0v) is 25.8. The summed E-state index contributed by atoms with van der Waals surface area (Å²) >= 11 is 0. The molecule has 5 N–H and O–H groups in total. The number of rotatable bonds is 22. The number of benzene rings is 2. The first-order valence-electron chi connectivity index (χ1n) is 16.2. The summed E-state index contributed by atoms with van der Waals surface area (Å²) < 4.78 is 5.90. The second-order valence-corrected chi connectivity index (χ2v) is 11.7. The lowest BCUT2D eigenvalue weighted by Gasteiger charge is -2.19. The third kappa shape index (κ3) is 13.8. The fourth-order valence-electron chi connectivity index (χ4n) is 5.63. The molecule has 0 aliphatic rings. The van der Waals surface area contributed by atoms with E-state index in [1.807, 2.05) is 0 Å². The second-order valence-electron chi connectivity index (χ2n) is 11.7. The molecule has 0 heterocycles. The predicted octanol–water partition coefficient (Wildman–Crippen LogP) is 8.46. The number of ether oxygens (including phenoxy) is 1. The normalized spacial score (nSPS) is 12.7. The van der Waals surface area contributed by atoms with Crippen LogP contribution in [0.15, 0.2) is 30.3 Å². The van der Waals surface area contributed by atoms with Crippen LogP contribution in [-0.2, 0) is 17.6 Å². The number of aromatic hydroxyl groups is 4. The van der Waals surface area contributed by atoms with Crippen LogP contribution in [0.3, 0.4) is 0 Å². The molecule has 42 heavy (non-hydrogen) atoms. The molecule has 0 spiro atoms. The summed E-state index contributed by atoms with van der Waals surface area (Å²) in [4.78, 5) is 13.2. The Morgan fingerprint density at radius 2 is 1.19 bits per heavy atom. The molecular weight excluding hydrogens is 532 g/mol. The van der Waals surface area contributed by atoms with E-state index in [0.717, 1.165) is 115 Å². The van der Waals surface area contributed by atoms with E-state index in [-0.39, 0.29) is 40.8 Å². The van der Waals surface area contributed by atoms with Crippen molar-refractivity contribution >= 4 is 5.97 Å². The Bertz CT molecular complexity index is 1030. The number of unbranched alkanes of at least 4 members (excludes halogenated alkanes) is 8. The SMILES string of the molecule is CCC[C@H](O)CCCCCCCc1cc(O)cc(O)c1C(=O)O[C@H](CCC)CCCCCCCc1cc(O)cc(O)c1. The maximum Gasteiger partial charge on any atom is 0.342 e. The van der Waals surface area contributed by atoms with Crippen molar-refractivity contribution in [3.63, 3.8) is 0 Å². The molecule has 0 radical (unpaired) electrons. The molecule has 0 aliphatic carbocycles. The largest absolute Gasteiger partial charge is 0.508 e. The Morgan fingerprint density at radius 3 is 1.83 bits per heavy atom. The van der Waals surface area contributed by atoms with Crippen molar-refractivity contribution in [2.24, 2.45) is 0 Å². The van der Waals surface area contributed by atoms with Gasteiger partial charge < -0.3 is 30.3 Å². The molecule has 0 bridgehead atoms. The molecule has 0 unspecified atom stereocenters. The Labute approximate surface area is 252 Å². The van der Waals surface area contributed by atoms with Gasteiger partial charge in [0.15, 0.2) is 0 Å². The Kier molecular flexibility index (Phi) is 16.8. The third-order valence-electron chi connectivity index (χ3n) is 7.83. The molecule has 7 nitrogen and oxygen atoms in total. The monoisotopic (exact) mass is 586 g/mol. The number of phenolic OH excluding ortho intramolecular Hbond substituents is 4. The molecule has 0 aromatic heterocycles. The standard InChI is InChI=1S/C35H54O7/c1-3-15-28(36)19-13-9-6-8-12-18-27-23-31(39)25-33(40)34(27)35(41)42-32(16-4-2)20-14-10-5-7-11-17-26-21-29(37)24-30(38)22-26/h21-25,28,32,36-40H,3-20H2,1-2H3/t28-,32+/m0/s1. The quantitative estimate of drug-likeness (QED) is 0.0691. The summed E-state index contributed by atoms with van der Waals surface area (Å²) in [6.45, 7) is 4.14. The first-order chi connectivity index (χ1) is 20.2. The van der Waals surface area contributed by atoms with Crippen LogP contribution in [0.25, 0.3) is 0 Å². The maximum atomic E-state index is 13.2. The number of aliphatic hydroxyl groups is 1. The van der Waals surface area contributed by atoms with E-state index in [1.54, 1.807) is 18.2 Å². The van der Waals surface area contributed by atoms with Crippen LogP contribution in [-0.4, -0.2) is 43.7 Å². The van der Waals surface area contributed by atoms with E-state index in [4.69, 9.17) is 4.74 Å². The number of aliphatic hydroxyl groups excluding tert-OH is 1. The highest BCUT2D eigenvalue weighted by molar-refractivity contribution is 5.94. The van der Waals surface area contributed by atoms with E-state index in [2.05, 4.69) is 13.8 Å². The van der Waals surface area contributed by atoms with Gasteiger partial charge in [-0.3, -0.25) is 0 Å². The van der Waals surface area contributed by atoms with E-state index in [9.17, 15) is 30.3 Å². The van der Waals surface area contributed by atoms with Crippen molar-refractivity contribution in [2.45, 2.75) is 142 Å². The molecule has 0 aliphatic heterocycles. The van der Waals surface area contributed by atoms with Crippen molar-refractivity contribution in [3.05, 3.63) is 47.0 Å². The Morgan fingerprint density at radius 1 is 0.643 bits per heavy atom. The minimum atomic E-state index is -0.528. The molecule has 7 heteroatoms. The molecule has 0 saturated carbocycles. The van der Waals surface area contributed by atoms with Gasteiger partial charge in [0.05, 0.1) is 6.10 Å². The first-order valence-corrected chi connectivity index (χ1v) is 16.2. The fourth-order valence-corrected chi connectivity index (χ4v) is 5.63. The minimum Gasteiger partial charge on any atom is -0.508 e. The van der Waals surface area contributed by atoms with Gasteiger partial charge in [-0.25, -0.2) is 4.79 Å². The summed E-state index contributed by atoms with van der Waals surface area (Å²) in [5.74, 6) is -0.662. The van der Waals surface area contributed by atoms with Gasteiger partial charge in [-0.15, -0.1) is 0 Å². The van der Waals surface area contributed by atoms with E-state index >= 15 is 0 Å². The molecule has 2 aromatic carbocycles. The molecule has 2 rings (SSSR count). The Balaban J connectivity index is 1.78. The number of carbonyl (C=O) groups is 1. The van der Waals surface area contributed by atoms with Gasteiger partial charge >= 0.3 is 5.97 Å². The smallest absolute Gasteiger partial charge is 0.342 e. The van der Waals surface area contributed by atoms with E-state index in [0.29, 0.717) is 12.0 Å². The van der Waals surface area contributed by atoms with Crippen LogP contribution < -0.4 is 0 Å². The second kappa shape index (κ2) is 20.1. The molecular formula is C35H54O7. The van der Waals surface area contributed by atoms with Gasteiger partial charge in [0.25, 0.3) is 0 Å². The number of hydrogen-bond donors (Lipinski definition) is 5. The number of hydrogen-bond acceptors (Lipinski definition) is 7. The van der Waals surface area contributed by atoms with E-state index in [1.165, 1.54) is 12.1 Å². The molecule has 0 fully saturated rings. The highest BCUT2D eigenvalue weighted by atomic mass is 16.5. The topological polar surface area (TPSA) is 127 Å². The van der Waals surface area contributed by atoms with Crippen LogP contribution in [0, 0.1) is 0 Å². The molecule has 236 valence electrons. The molecule has 2 aromatic rings. The first kappa shape index (κ1) is 35.3. The van der Waals surface area contributed by atoms with Gasteiger partial charge in [0.1, 0.15) is 34.7 Å². The molecule has 0 saturated heterocycles. The van der Waals surface area contributed by atoms with Gasteiger partial charge in [0.2, 0.25) is 0 Å². The summed E-state index contributed by atoms with van der Waals surface area (Å²) in [6, 6.07) is 7.46. The lowest BCUT2D eigenvalue weighted by Crippen LogP contribution is -2.19. The van der Waals surface area contributed by atoms with Crippen molar-refractivity contribution < 1.29 is 35.1 Å². The van der Waals surface area contributed by atoms with Gasteiger partial charge in [0, 0.05) is 12.1 Å². The van der Waals surface area contributed by atoms with Gasteiger partial charge in [-0.05, 0) is 87.1 Å². The van der Waals surface area contributed by atoms with Crippen LogP contribution >= 0.6 is 0 Å². The van der Waals surface area contributed by atoms with E-state index < -0.39 is 5.97 Å². The highest BCUT2D eigenvalue weighted by Gasteiger charge is 2.22. The van der Waals surface area contributed by atoms with Crippen LogP contribution in [0.5, 0.6) is 23.0 Å². The number of phenols is 4. The number of carbonyl (C=O) groups excluding carboxylic acids is 1. The Hall–Kier alpha value is -2.93. The van der Waals surface area contributed by atoms with Crippen LogP contribution in [0.2, 0.25) is 0 Å². The van der Waals surface area contributed by atoms with Crippen molar-refractivity contribution in [2.75, 3.05) is 0 Å². The lowest BCUT2D eigenvalue weighted by molar-refractivity contribution is 0.0249. The third-order valence-corrected chi connectivity index (χ3v) is 7.83. The number of aryl methyl sites for hydroxylation is 2. The fraction of sp³-hybridized carbons (Fsp3) is 0.629. The summed E-state index contributed by atoms with van der Waals surface area (Å²) in [5.41, 5.74) is 1.71. The maximum absolute atomic E-state index is 13.2. The lowest BCUT2D eigenvalue weighted by atomic mass is 9.98. The average Bonchev–Trinajstić information content (AvgIpc) is 2.91. The zero-order chi connectivity index (χ0) is 30.7. The molecule has 0 amide bonds. The average molecular weight is 587 g/mol. The summed E-state index contributed by atoms with van der Waals surface area (Å²) in [5, 5.41) is 49.7. The predicted molar refractivity (Wildman–Crippen MR) is 167 cm³/mol. The van der Waals surface area contributed by atoms with Crippen molar-refractivity contribution in [1.29, 1.82) is 0 Å². The summed E-state index contributed by atoms with van der Waals surface area (Å²) in [7, 11) is 0. The minimum absolute atomic E-state index is 0.0602. The summed E-state index contributed by atoms with van der Waals surface area (Å²) in [6.07, 6.45) is 16.0. The van der Waals surface area contributed by atoms with Gasteiger partial charge in [-0.2, -0.15) is 0 Å². The zero-order valence-electron chi connectivity index (χ0n) is 25.8. The van der Waals surface area contributed by atoms with Crippen molar-refractivity contribution in [1.82, 2.24) is 0 Å². The van der Waals surface area contributed by atoms with Crippen molar-refractivity contribution in [3.8, 4) is 23.0 Å². The van der Waals surface area contributed by atoms with Gasteiger partial charge in [-0.1, -0.05) is 71.6 Å². The highest BCUT2D eigenvalue weighted by Crippen LogP contribution is 2.30. The number of esters is 1. The van der Waals surface area contributed by atoms with Crippen LogP contribution in [0.4, 0.5) is 0 Å².